The lowest BCUT2D eigenvalue weighted by Gasteiger charge is -2.35. The lowest BCUT2D eigenvalue weighted by atomic mass is 9.96. The van der Waals surface area contributed by atoms with Crippen molar-refractivity contribution >= 4 is 28.5 Å². The highest BCUT2D eigenvalue weighted by molar-refractivity contribution is 14.1. The van der Waals surface area contributed by atoms with Gasteiger partial charge in [-0.3, -0.25) is 9.80 Å². The third-order valence-electron chi connectivity index (χ3n) is 5.98. The van der Waals surface area contributed by atoms with E-state index in [1.165, 1.54) is 5.56 Å². The Balaban J connectivity index is 1.63. The molecule has 2 atom stereocenters. The molecule has 0 aliphatic carbocycles. The molecule has 1 saturated heterocycles. The molecule has 1 aliphatic heterocycles. The summed E-state index contributed by atoms with van der Waals surface area (Å²) < 4.78 is 6.30. The molecule has 3 aromatic carbocycles. The second-order valence-corrected chi connectivity index (χ2v) is 9.11. The number of halogens is 1. The van der Waals surface area contributed by atoms with Crippen molar-refractivity contribution in [2.45, 2.75) is 25.0 Å². The molecule has 0 saturated carbocycles. The van der Waals surface area contributed by atoms with E-state index in [-0.39, 0.29) is 18.0 Å². The van der Waals surface area contributed by atoms with Gasteiger partial charge in [0.1, 0.15) is 0 Å². The number of hydrogen-bond acceptors (Lipinski definition) is 3. The minimum absolute atomic E-state index is 0.0192. The number of nitrogens with zero attached hydrogens (tertiary/aromatic N) is 2. The first-order valence-electron chi connectivity index (χ1n) is 10.7. The van der Waals surface area contributed by atoms with Crippen molar-refractivity contribution < 1.29 is 9.21 Å². The number of rotatable bonds is 5. The van der Waals surface area contributed by atoms with Gasteiger partial charge < -0.3 is 4.42 Å². The second-order valence-electron chi connectivity index (χ2n) is 7.95. The Kier molecular flexibility index (Phi) is 6.10. The van der Waals surface area contributed by atoms with E-state index >= 15 is 0 Å². The van der Waals surface area contributed by atoms with Crippen LogP contribution in [0.2, 0.25) is 0 Å². The fourth-order valence-electron chi connectivity index (χ4n) is 4.47. The minimum atomic E-state index is -0.0585. The molecule has 5 rings (SSSR count). The molecule has 4 nitrogen and oxygen atoms in total. The number of carbonyl (C=O) groups excluding carboxylic acids is 1. The number of amides is 1. The van der Waals surface area contributed by atoms with Gasteiger partial charge in [-0.05, 0) is 58.3 Å². The highest BCUT2D eigenvalue weighted by Crippen LogP contribution is 2.45. The number of hydrogen-bond donors (Lipinski definition) is 0. The van der Waals surface area contributed by atoms with Crippen molar-refractivity contribution in [2.24, 2.45) is 0 Å². The van der Waals surface area contributed by atoms with Crippen molar-refractivity contribution in [3.63, 3.8) is 0 Å². The van der Waals surface area contributed by atoms with Gasteiger partial charge in [-0.2, -0.15) is 0 Å². The molecule has 0 N–H and O–H groups in total. The Bertz CT molecular complexity index is 1180. The van der Waals surface area contributed by atoms with Crippen molar-refractivity contribution in [3.8, 4) is 0 Å². The summed E-state index contributed by atoms with van der Waals surface area (Å²) in [5.41, 5.74) is 4.11. The summed E-state index contributed by atoms with van der Waals surface area (Å²) >= 11 is 2.25. The average molecular weight is 534 g/mol. The van der Waals surface area contributed by atoms with E-state index < -0.39 is 0 Å². The third-order valence-corrected chi connectivity index (χ3v) is 6.92. The molecule has 0 spiro atoms. The Morgan fingerprint density at radius 2 is 1.47 bits per heavy atom. The van der Waals surface area contributed by atoms with Crippen LogP contribution >= 0.6 is 22.6 Å². The fourth-order valence-corrected chi connectivity index (χ4v) is 5.09. The zero-order valence-electron chi connectivity index (χ0n) is 17.5. The summed E-state index contributed by atoms with van der Waals surface area (Å²) in [5.74, 6) is 0.0192. The normalized spacial score (nSPS) is 18.7. The number of carbonyl (C=O) groups is 1. The van der Waals surface area contributed by atoms with Crippen LogP contribution in [0.4, 0.5) is 0 Å². The van der Waals surface area contributed by atoms with E-state index in [2.05, 4.69) is 64.0 Å². The summed E-state index contributed by atoms with van der Waals surface area (Å²) in [6.45, 7) is 0.592. The molecule has 0 radical (unpaired) electrons. The van der Waals surface area contributed by atoms with Crippen molar-refractivity contribution in [2.75, 3.05) is 0 Å². The van der Waals surface area contributed by atoms with Crippen LogP contribution in [0.3, 0.4) is 0 Å². The van der Waals surface area contributed by atoms with Gasteiger partial charge in [-0.1, -0.05) is 72.8 Å². The zero-order valence-corrected chi connectivity index (χ0v) is 19.6. The molecule has 1 aliphatic rings. The van der Waals surface area contributed by atoms with E-state index in [0.717, 1.165) is 26.7 Å². The van der Waals surface area contributed by atoms with Crippen LogP contribution in [0.1, 0.15) is 45.6 Å². The van der Waals surface area contributed by atoms with Crippen LogP contribution in [-0.4, -0.2) is 15.9 Å². The lowest BCUT2D eigenvalue weighted by Crippen LogP contribution is -2.43. The number of benzene rings is 3. The maximum atomic E-state index is 14.0. The van der Waals surface area contributed by atoms with Crippen LogP contribution in [0.25, 0.3) is 0 Å². The predicted molar refractivity (Wildman–Crippen MR) is 133 cm³/mol. The van der Waals surface area contributed by atoms with E-state index in [1.807, 2.05) is 59.6 Å². The highest BCUT2D eigenvalue weighted by Gasteiger charge is 2.44. The SMILES string of the molecule is O=C(c1ccccc1I)N1[C@H](c2ccccc2)C[C@@H](c2ccccc2)N1Cc1ccoc1. The molecular weight excluding hydrogens is 511 g/mol. The molecule has 4 aromatic rings. The van der Waals surface area contributed by atoms with Crippen LogP contribution < -0.4 is 0 Å². The molecular formula is C27H23IN2O2. The molecule has 5 heteroatoms. The number of furan rings is 1. The van der Waals surface area contributed by atoms with Crippen molar-refractivity contribution in [1.82, 2.24) is 10.0 Å². The van der Waals surface area contributed by atoms with Gasteiger partial charge in [-0.25, -0.2) is 5.01 Å². The van der Waals surface area contributed by atoms with E-state index in [9.17, 15) is 4.79 Å². The van der Waals surface area contributed by atoms with Gasteiger partial charge in [0.05, 0.1) is 30.2 Å². The van der Waals surface area contributed by atoms with Crippen molar-refractivity contribution in [3.05, 3.63) is 129 Å². The summed E-state index contributed by atoms with van der Waals surface area (Å²) in [5, 5.41) is 4.18. The van der Waals surface area contributed by atoms with Gasteiger partial charge in [0.15, 0.2) is 0 Å². The minimum Gasteiger partial charge on any atom is -0.472 e. The summed E-state index contributed by atoms with van der Waals surface area (Å²) in [6.07, 6.45) is 4.26. The highest BCUT2D eigenvalue weighted by atomic mass is 127. The maximum Gasteiger partial charge on any atom is 0.269 e. The van der Waals surface area contributed by atoms with E-state index in [1.54, 1.807) is 12.5 Å². The molecule has 2 heterocycles. The van der Waals surface area contributed by atoms with Gasteiger partial charge in [0.25, 0.3) is 5.91 Å². The molecule has 1 amide bonds. The lowest BCUT2D eigenvalue weighted by molar-refractivity contribution is -0.0187. The molecule has 0 bridgehead atoms. The Morgan fingerprint density at radius 3 is 2.09 bits per heavy atom. The largest absolute Gasteiger partial charge is 0.472 e. The monoisotopic (exact) mass is 534 g/mol. The third kappa shape index (κ3) is 4.10. The zero-order chi connectivity index (χ0) is 21.9. The predicted octanol–water partition coefficient (Wildman–Crippen LogP) is 6.63. The average Bonchev–Trinajstić information content (AvgIpc) is 3.49. The molecule has 0 unspecified atom stereocenters. The fraction of sp³-hybridized carbons (Fsp3) is 0.148. The van der Waals surface area contributed by atoms with Crippen LogP contribution in [-0.2, 0) is 6.54 Å². The molecule has 1 fully saturated rings. The van der Waals surface area contributed by atoms with Gasteiger partial charge >= 0.3 is 0 Å². The smallest absolute Gasteiger partial charge is 0.269 e. The summed E-state index contributed by atoms with van der Waals surface area (Å²) in [4.78, 5) is 14.0. The first kappa shape index (κ1) is 21.0. The summed E-state index contributed by atoms with van der Waals surface area (Å²) in [6, 6.07) is 30.6. The van der Waals surface area contributed by atoms with Gasteiger partial charge in [0.2, 0.25) is 0 Å². The molecule has 32 heavy (non-hydrogen) atoms. The topological polar surface area (TPSA) is 36.7 Å². The van der Waals surface area contributed by atoms with Gasteiger partial charge in [-0.15, -0.1) is 0 Å². The Hall–Kier alpha value is -2.90. The quantitative estimate of drug-likeness (QED) is 0.270. The second kappa shape index (κ2) is 9.30. The summed E-state index contributed by atoms with van der Waals surface area (Å²) in [7, 11) is 0. The molecule has 1 aromatic heterocycles. The number of hydrazine groups is 1. The van der Waals surface area contributed by atoms with Crippen molar-refractivity contribution in [1.29, 1.82) is 0 Å². The first-order chi connectivity index (χ1) is 15.7. The standard InChI is InChI=1S/C27H23IN2O2/c28-24-14-8-7-13-23(24)27(31)30-26(22-11-5-2-6-12-22)17-25(21-9-3-1-4-10-21)29(30)18-20-15-16-32-19-20/h1-16,19,25-26H,17-18H2/t25-,26-/m0/s1. The maximum absolute atomic E-state index is 14.0. The van der Waals surface area contributed by atoms with E-state index in [0.29, 0.717) is 6.54 Å². The Morgan fingerprint density at radius 1 is 0.844 bits per heavy atom. The van der Waals surface area contributed by atoms with Crippen LogP contribution in [0.5, 0.6) is 0 Å². The first-order valence-corrected chi connectivity index (χ1v) is 11.8. The van der Waals surface area contributed by atoms with Crippen LogP contribution in [0, 0.1) is 3.57 Å². The van der Waals surface area contributed by atoms with Crippen LogP contribution in [0.15, 0.2) is 108 Å². The molecule has 160 valence electrons. The Labute approximate surface area is 201 Å². The van der Waals surface area contributed by atoms with Gasteiger partial charge in [0, 0.05) is 15.7 Å². The van der Waals surface area contributed by atoms with E-state index in [4.69, 9.17) is 4.42 Å².